The Labute approximate surface area is 85.8 Å². The standard InChI is InChI=1S/C10H11F2NO2/c11-6-3-8(12)10(13)9(4-6)15-7-1-2-14-5-7/h3-4,7H,1-2,5,13H2. The average molecular weight is 215 g/mol. The Kier molecular flexibility index (Phi) is 2.73. The summed E-state index contributed by atoms with van der Waals surface area (Å²) in [5.41, 5.74) is 5.26. The quantitative estimate of drug-likeness (QED) is 0.764. The summed E-state index contributed by atoms with van der Waals surface area (Å²) in [4.78, 5) is 0. The number of rotatable bonds is 2. The van der Waals surface area contributed by atoms with Crippen LogP contribution in [0.15, 0.2) is 12.1 Å². The Bertz CT molecular complexity index is 365. The van der Waals surface area contributed by atoms with E-state index in [1.807, 2.05) is 0 Å². The van der Waals surface area contributed by atoms with Gasteiger partial charge in [-0.15, -0.1) is 0 Å². The van der Waals surface area contributed by atoms with Crippen molar-refractivity contribution in [3.63, 3.8) is 0 Å². The maximum atomic E-state index is 13.0. The van der Waals surface area contributed by atoms with Gasteiger partial charge >= 0.3 is 0 Å². The fraction of sp³-hybridized carbons (Fsp3) is 0.400. The zero-order chi connectivity index (χ0) is 10.8. The van der Waals surface area contributed by atoms with Gasteiger partial charge in [0.15, 0.2) is 5.82 Å². The summed E-state index contributed by atoms with van der Waals surface area (Å²) in [6.45, 7) is 1.03. The van der Waals surface area contributed by atoms with Gasteiger partial charge in [-0.25, -0.2) is 8.78 Å². The van der Waals surface area contributed by atoms with Crippen LogP contribution in [0.5, 0.6) is 5.75 Å². The fourth-order valence-electron chi connectivity index (χ4n) is 1.44. The lowest BCUT2D eigenvalue weighted by atomic mass is 10.2. The molecule has 5 heteroatoms. The second kappa shape index (κ2) is 4.02. The smallest absolute Gasteiger partial charge is 0.152 e. The van der Waals surface area contributed by atoms with E-state index in [4.69, 9.17) is 15.2 Å². The monoisotopic (exact) mass is 215 g/mol. The van der Waals surface area contributed by atoms with Gasteiger partial charge in [0.05, 0.1) is 13.2 Å². The van der Waals surface area contributed by atoms with Crippen LogP contribution in [-0.2, 0) is 4.74 Å². The third-order valence-corrected chi connectivity index (χ3v) is 2.24. The second-order valence-electron chi connectivity index (χ2n) is 3.40. The number of nitrogens with two attached hydrogens (primary N) is 1. The highest BCUT2D eigenvalue weighted by molar-refractivity contribution is 5.53. The van der Waals surface area contributed by atoms with E-state index in [0.29, 0.717) is 19.6 Å². The van der Waals surface area contributed by atoms with E-state index in [-0.39, 0.29) is 17.5 Å². The molecule has 1 saturated heterocycles. The van der Waals surface area contributed by atoms with Gasteiger partial charge in [0.2, 0.25) is 0 Å². The van der Waals surface area contributed by atoms with Crippen molar-refractivity contribution < 1.29 is 18.3 Å². The molecule has 1 aromatic rings. The number of nitrogen functional groups attached to an aromatic ring is 1. The van der Waals surface area contributed by atoms with E-state index in [2.05, 4.69) is 0 Å². The minimum absolute atomic E-state index is 0.0444. The number of hydrogen-bond donors (Lipinski definition) is 1. The Hall–Kier alpha value is -1.36. The number of ether oxygens (including phenoxy) is 2. The summed E-state index contributed by atoms with van der Waals surface area (Å²) < 4.78 is 36.3. The summed E-state index contributed by atoms with van der Waals surface area (Å²) in [5.74, 6) is -1.46. The van der Waals surface area contributed by atoms with E-state index in [1.165, 1.54) is 0 Å². The number of benzene rings is 1. The van der Waals surface area contributed by atoms with Gasteiger partial charge in [-0.3, -0.25) is 0 Å². The molecule has 1 atom stereocenters. The van der Waals surface area contributed by atoms with Gasteiger partial charge in [0.1, 0.15) is 23.4 Å². The molecule has 0 spiro atoms. The third kappa shape index (κ3) is 2.18. The van der Waals surface area contributed by atoms with Crippen LogP contribution in [0.2, 0.25) is 0 Å². The molecule has 1 aliphatic heterocycles. The molecule has 0 bridgehead atoms. The van der Waals surface area contributed by atoms with Crippen LogP contribution in [0, 0.1) is 11.6 Å². The molecule has 15 heavy (non-hydrogen) atoms. The lowest BCUT2D eigenvalue weighted by molar-refractivity contribution is 0.141. The fourth-order valence-corrected chi connectivity index (χ4v) is 1.44. The van der Waals surface area contributed by atoms with Crippen molar-refractivity contribution >= 4 is 5.69 Å². The highest BCUT2D eigenvalue weighted by Crippen LogP contribution is 2.27. The van der Waals surface area contributed by atoms with Crippen LogP contribution in [0.1, 0.15) is 6.42 Å². The van der Waals surface area contributed by atoms with Gasteiger partial charge in [-0.1, -0.05) is 0 Å². The minimum Gasteiger partial charge on any atom is -0.486 e. The summed E-state index contributed by atoms with van der Waals surface area (Å²) in [6.07, 6.45) is 0.533. The average Bonchev–Trinajstić information content (AvgIpc) is 2.66. The molecule has 1 aromatic carbocycles. The van der Waals surface area contributed by atoms with Crippen LogP contribution in [0.4, 0.5) is 14.5 Å². The summed E-state index contributed by atoms with van der Waals surface area (Å²) >= 11 is 0. The van der Waals surface area contributed by atoms with Crippen LogP contribution >= 0.6 is 0 Å². The maximum Gasteiger partial charge on any atom is 0.152 e. The van der Waals surface area contributed by atoms with Crippen LogP contribution < -0.4 is 10.5 Å². The van der Waals surface area contributed by atoms with Crippen molar-refractivity contribution in [1.29, 1.82) is 0 Å². The van der Waals surface area contributed by atoms with E-state index < -0.39 is 11.6 Å². The van der Waals surface area contributed by atoms with E-state index in [1.54, 1.807) is 0 Å². The van der Waals surface area contributed by atoms with Crippen molar-refractivity contribution in [2.75, 3.05) is 18.9 Å². The molecule has 0 aliphatic carbocycles. The normalized spacial score (nSPS) is 20.5. The molecule has 0 amide bonds. The van der Waals surface area contributed by atoms with Gasteiger partial charge in [0, 0.05) is 18.6 Å². The Morgan fingerprint density at radius 3 is 2.87 bits per heavy atom. The van der Waals surface area contributed by atoms with E-state index >= 15 is 0 Å². The molecule has 2 N–H and O–H groups in total. The lowest BCUT2D eigenvalue weighted by Gasteiger charge is -2.13. The topological polar surface area (TPSA) is 44.5 Å². The summed E-state index contributed by atoms with van der Waals surface area (Å²) in [5, 5.41) is 0. The van der Waals surface area contributed by atoms with Crippen molar-refractivity contribution in [2.24, 2.45) is 0 Å². The van der Waals surface area contributed by atoms with Crippen LogP contribution in [-0.4, -0.2) is 19.3 Å². The molecular weight excluding hydrogens is 204 g/mol. The molecule has 1 aliphatic rings. The number of halogens is 2. The van der Waals surface area contributed by atoms with Crippen LogP contribution in [0.3, 0.4) is 0 Å². The summed E-state index contributed by atoms with van der Waals surface area (Å²) in [6, 6.07) is 1.81. The molecule has 0 saturated carbocycles. The SMILES string of the molecule is Nc1c(F)cc(F)cc1OC1CCOC1. The van der Waals surface area contributed by atoms with Crippen LogP contribution in [0.25, 0.3) is 0 Å². The Morgan fingerprint density at radius 1 is 1.40 bits per heavy atom. The molecule has 0 aromatic heterocycles. The van der Waals surface area contributed by atoms with Gasteiger partial charge in [-0.2, -0.15) is 0 Å². The molecule has 2 rings (SSSR count). The molecule has 1 heterocycles. The first-order valence-corrected chi connectivity index (χ1v) is 4.66. The first-order valence-electron chi connectivity index (χ1n) is 4.66. The largest absolute Gasteiger partial charge is 0.486 e. The predicted molar refractivity (Wildman–Crippen MR) is 50.6 cm³/mol. The summed E-state index contributed by atoms with van der Waals surface area (Å²) in [7, 11) is 0. The van der Waals surface area contributed by atoms with Crippen molar-refractivity contribution in [3.05, 3.63) is 23.8 Å². The maximum absolute atomic E-state index is 13.0. The van der Waals surface area contributed by atoms with Gasteiger partial charge in [0.25, 0.3) is 0 Å². The molecule has 1 unspecified atom stereocenters. The lowest BCUT2D eigenvalue weighted by Crippen LogP contribution is -2.17. The zero-order valence-electron chi connectivity index (χ0n) is 8.00. The van der Waals surface area contributed by atoms with Crippen molar-refractivity contribution in [3.8, 4) is 5.75 Å². The zero-order valence-corrected chi connectivity index (χ0v) is 8.00. The van der Waals surface area contributed by atoms with Gasteiger partial charge < -0.3 is 15.2 Å². The molecule has 82 valence electrons. The van der Waals surface area contributed by atoms with E-state index in [0.717, 1.165) is 12.1 Å². The first kappa shape index (κ1) is 10.2. The highest BCUT2D eigenvalue weighted by atomic mass is 19.1. The number of anilines is 1. The number of hydrogen-bond acceptors (Lipinski definition) is 3. The Morgan fingerprint density at radius 2 is 2.20 bits per heavy atom. The minimum atomic E-state index is -0.802. The highest BCUT2D eigenvalue weighted by Gasteiger charge is 2.19. The molecule has 3 nitrogen and oxygen atoms in total. The predicted octanol–water partition coefficient (Wildman–Crippen LogP) is 1.71. The first-order chi connectivity index (χ1) is 7.16. The Balaban J connectivity index is 2.19. The molecular formula is C10H11F2NO2. The van der Waals surface area contributed by atoms with E-state index in [9.17, 15) is 8.78 Å². The molecule has 1 fully saturated rings. The second-order valence-corrected chi connectivity index (χ2v) is 3.40. The molecule has 0 radical (unpaired) electrons. The third-order valence-electron chi connectivity index (χ3n) is 2.24. The van der Waals surface area contributed by atoms with Crippen molar-refractivity contribution in [2.45, 2.75) is 12.5 Å². The van der Waals surface area contributed by atoms with Gasteiger partial charge in [-0.05, 0) is 0 Å². The van der Waals surface area contributed by atoms with Crippen molar-refractivity contribution in [1.82, 2.24) is 0 Å².